The van der Waals surface area contributed by atoms with Crippen LogP contribution >= 0.6 is 0 Å². The van der Waals surface area contributed by atoms with Crippen molar-refractivity contribution in [3.05, 3.63) is 23.9 Å². The lowest BCUT2D eigenvalue weighted by molar-refractivity contribution is 0.0690. The summed E-state index contributed by atoms with van der Waals surface area (Å²) in [6.07, 6.45) is 1.10. The number of ether oxygens (including phenoxy) is 1. The predicted molar refractivity (Wildman–Crippen MR) is 65.4 cm³/mol. The maximum Gasteiger partial charge on any atom is 0.354 e. The van der Waals surface area contributed by atoms with Gasteiger partial charge in [0.1, 0.15) is 5.82 Å². The van der Waals surface area contributed by atoms with Gasteiger partial charge in [-0.15, -0.1) is 0 Å². The van der Waals surface area contributed by atoms with Gasteiger partial charge in [0.15, 0.2) is 5.69 Å². The van der Waals surface area contributed by atoms with Gasteiger partial charge in [0.2, 0.25) is 0 Å². The maximum atomic E-state index is 10.7. The van der Waals surface area contributed by atoms with Crippen LogP contribution in [0.4, 0.5) is 5.82 Å². The molecule has 0 saturated carbocycles. The van der Waals surface area contributed by atoms with Crippen LogP contribution in [0.5, 0.6) is 0 Å². The van der Waals surface area contributed by atoms with Crippen LogP contribution < -0.4 is 5.32 Å². The second-order valence-corrected chi connectivity index (χ2v) is 3.91. The fourth-order valence-electron chi connectivity index (χ4n) is 1.26. The lowest BCUT2D eigenvalue weighted by Gasteiger charge is -2.08. The zero-order valence-corrected chi connectivity index (χ0v) is 10.1. The van der Waals surface area contributed by atoms with Crippen molar-refractivity contribution in [1.29, 1.82) is 0 Å². The summed E-state index contributed by atoms with van der Waals surface area (Å²) in [4.78, 5) is 14.6. The van der Waals surface area contributed by atoms with Crippen LogP contribution in [-0.4, -0.2) is 35.3 Å². The third-order valence-electron chi connectivity index (χ3n) is 2.05. The molecule has 1 heterocycles. The van der Waals surface area contributed by atoms with Crippen LogP contribution in [-0.2, 0) is 4.74 Å². The van der Waals surface area contributed by atoms with Crippen molar-refractivity contribution in [2.75, 3.05) is 18.5 Å². The van der Waals surface area contributed by atoms with Gasteiger partial charge < -0.3 is 15.2 Å². The van der Waals surface area contributed by atoms with E-state index in [1.165, 1.54) is 6.07 Å². The Kier molecular flexibility index (Phi) is 5.42. The predicted octanol–water partition coefficient (Wildman–Crippen LogP) is 2.01. The SMILES string of the molecule is CC(C)OCCCNc1cccc(C(=O)O)n1. The number of anilines is 1. The topological polar surface area (TPSA) is 71.5 Å². The summed E-state index contributed by atoms with van der Waals surface area (Å²) in [5.41, 5.74) is 0.0495. The summed E-state index contributed by atoms with van der Waals surface area (Å²) in [7, 11) is 0. The van der Waals surface area contributed by atoms with Gasteiger partial charge in [-0.1, -0.05) is 6.07 Å². The minimum atomic E-state index is -1.02. The number of nitrogens with zero attached hydrogens (tertiary/aromatic N) is 1. The summed E-state index contributed by atoms with van der Waals surface area (Å²) >= 11 is 0. The van der Waals surface area contributed by atoms with Crippen molar-refractivity contribution in [2.45, 2.75) is 26.4 Å². The summed E-state index contributed by atoms with van der Waals surface area (Å²) in [5.74, 6) is -0.439. The Morgan fingerprint density at radius 2 is 2.29 bits per heavy atom. The van der Waals surface area contributed by atoms with Gasteiger partial charge in [-0.05, 0) is 32.4 Å². The first kappa shape index (κ1) is 13.4. The molecule has 0 aliphatic carbocycles. The summed E-state index contributed by atoms with van der Waals surface area (Å²) in [5, 5.41) is 11.8. The van der Waals surface area contributed by atoms with E-state index in [0.29, 0.717) is 19.0 Å². The van der Waals surface area contributed by atoms with Crippen LogP contribution in [0.1, 0.15) is 30.8 Å². The van der Waals surface area contributed by atoms with Gasteiger partial charge in [-0.3, -0.25) is 0 Å². The number of pyridine rings is 1. The Balaban J connectivity index is 2.31. The molecule has 5 heteroatoms. The van der Waals surface area contributed by atoms with E-state index in [4.69, 9.17) is 9.84 Å². The lowest BCUT2D eigenvalue weighted by atomic mass is 10.3. The number of hydrogen-bond donors (Lipinski definition) is 2. The molecule has 0 saturated heterocycles. The van der Waals surface area contributed by atoms with Crippen LogP contribution in [0.15, 0.2) is 18.2 Å². The largest absolute Gasteiger partial charge is 0.477 e. The van der Waals surface area contributed by atoms with E-state index in [0.717, 1.165) is 6.42 Å². The molecule has 17 heavy (non-hydrogen) atoms. The van der Waals surface area contributed by atoms with Crippen LogP contribution in [0, 0.1) is 0 Å². The van der Waals surface area contributed by atoms with Crippen LogP contribution in [0.3, 0.4) is 0 Å². The van der Waals surface area contributed by atoms with Crippen molar-refractivity contribution >= 4 is 11.8 Å². The fourth-order valence-corrected chi connectivity index (χ4v) is 1.26. The smallest absolute Gasteiger partial charge is 0.354 e. The molecular weight excluding hydrogens is 220 g/mol. The Morgan fingerprint density at radius 1 is 1.53 bits per heavy atom. The molecule has 0 unspecified atom stereocenters. The van der Waals surface area contributed by atoms with E-state index >= 15 is 0 Å². The van der Waals surface area contributed by atoms with Gasteiger partial charge in [0, 0.05) is 13.2 Å². The van der Waals surface area contributed by atoms with E-state index in [9.17, 15) is 4.79 Å². The van der Waals surface area contributed by atoms with Gasteiger partial charge in [0.05, 0.1) is 6.10 Å². The Bertz CT molecular complexity index is 367. The molecule has 2 N–H and O–H groups in total. The third-order valence-corrected chi connectivity index (χ3v) is 2.05. The molecular formula is C12H18N2O3. The molecule has 1 rings (SSSR count). The first-order chi connectivity index (χ1) is 8.09. The van der Waals surface area contributed by atoms with E-state index in [2.05, 4.69) is 10.3 Å². The first-order valence-electron chi connectivity index (χ1n) is 5.65. The Morgan fingerprint density at radius 3 is 2.94 bits per heavy atom. The first-order valence-corrected chi connectivity index (χ1v) is 5.65. The van der Waals surface area contributed by atoms with Crippen molar-refractivity contribution in [2.24, 2.45) is 0 Å². The number of carboxylic acid groups (broad SMARTS) is 1. The summed E-state index contributed by atoms with van der Waals surface area (Å²) in [6, 6.07) is 4.88. The van der Waals surface area contributed by atoms with Gasteiger partial charge in [-0.2, -0.15) is 0 Å². The molecule has 0 spiro atoms. The number of carboxylic acids is 1. The molecule has 5 nitrogen and oxygen atoms in total. The molecule has 0 atom stereocenters. The highest BCUT2D eigenvalue weighted by molar-refractivity contribution is 5.85. The van der Waals surface area contributed by atoms with E-state index in [1.54, 1.807) is 12.1 Å². The molecule has 0 aliphatic rings. The fraction of sp³-hybridized carbons (Fsp3) is 0.500. The number of rotatable bonds is 7. The number of carbonyl (C=O) groups is 1. The van der Waals surface area contributed by atoms with Crippen molar-refractivity contribution in [1.82, 2.24) is 4.98 Å². The van der Waals surface area contributed by atoms with Gasteiger partial charge in [0.25, 0.3) is 0 Å². The highest BCUT2D eigenvalue weighted by atomic mass is 16.5. The molecule has 0 aliphatic heterocycles. The summed E-state index contributed by atoms with van der Waals surface area (Å²) < 4.78 is 5.39. The highest BCUT2D eigenvalue weighted by Gasteiger charge is 2.04. The maximum absolute atomic E-state index is 10.7. The Labute approximate surface area is 101 Å². The highest BCUT2D eigenvalue weighted by Crippen LogP contribution is 2.04. The monoisotopic (exact) mass is 238 g/mol. The van der Waals surface area contributed by atoms with Gasteiger partial charge in [-0.25, -0.2) is 9.78 Å². The Hall–Kier alpha value is -1.62. The van der Waals surface area contributed by atoms with E-state index < -0.39 is 5.97 Å². The van der Waals surface area contributed by atoms with Crippen molar-refractivity contribution in [3.8, 4) is 0 Å². The van der Waals surface area contributed by atoms with Crippen molar-refractivity contribution < 1.29 is 14.6 Å². The van der Waals surface area contributed by atoms with E-state index in [-0.39, 0.29) is 11.8 Å². The van der Waals surface area contributed by atoms with Crippen LogP contribution in [0.2, 0.25) is 0 Å². The average molecular weight is 238 g/mol. The van der Waals surface area contributed by atoms with Gasteiger partial charge >= 0.3 is 5.97 Å². The van der Waals surface area contributed by atoms with Crippen molar-refractivity contribution in [3.63, 3.8) is 0 Å². The number of hydrogen-bond acceptors (Lipinski definition) is 4. The molecule has 1 aromatic heterocycles. The van der Waals surface area contributed by atoms with Crippen LogP contribution in [0.25, 0.3) is 0 Å². The quantitative estimate of drug-likeness (QED) is 0.711. The zero-order chi connectivity index (χ0) is 12.7. The average Bonchev–Trinajstić information content (AvgIpc) is 2.28. The zero-order valence-electron chi connectivity index (χ0n) is 10.1. The second-order valence-electron chi connectivity index (χ2n) is 3.91. The molecule has 0 amide bonds. The lowest BCUT2D eigenvalue weighted by Crippen LogP contribution is -2.11. The molecule has 1 aromatic rings. The molecule has 94 valence electrons. The number of nitrogens with one attached hydrogen (secondary N) is 1. The number of aromatic nitrogens is 1. The summed E-state index contributed by atoms with van der Waals surface area (Å²) in [6.45, 7) is 5.38. The minimum absolute atomic E-state index is 0.0495. The molecule has 0 bridgehead atoms. The normalized spacial score (nSPS) is 10.5. The second kappa shape index (κ2) is 6.85. The van der Waals surface area contributed by atoms with E-state index in [1.807, 2.05) is 13.8 Å². The molecule has 0 aromatic carbocycles. The minimum Gasteiger partial charge on any atom is -0.477 e. The number of aromatic carboxylic acids is 1. The molecule has 0 fully saturated rings. The molecule has 0 radical (unpaired) electrons. The standard InChI is InChI=1S/C12H18N2O3/c1-9(2)17-8-4-7-13-11-6-3-5-10(14-11)12(15)16/h3,5-6,9H,4,7-8H2,1-2H3,(H,13,14)(H,15,16). The third kappa shape index (κ3) is 5.31.